The van der Waals surface area contributed by atoms with E-state index in [9.17, 15) is 4.79 Å². The average molecular weight is 218 g/mol. The van der Waals surface area contributed by atoms with Gasteiger partial charge in [0.1, 0.15) is 0 Å². The molecule has 1 amide bonds. The minimum atomic E-state index is 0.135. The van der Waals surface area contributed by atoms with Crippen LogP contribution in [-0.2, 0) is 17.6 Å². The third-order valence-electron chi connectivity index (χ3n) is 2.90. The summed E-state index contributed by atoms with van der Waals surface area (Å²) in [5, 5.41) is 6.17. The van der Waals surface area contributed by atoms with Crippen LogP contribution in [0, 0.1) is 0 Å². The Kier molecular flexibility index (Phi) is 3.44. The van der Waals surface area contributed by atoms with E-state index < -0.39 is 0 Å². The lowest BCUT2D eigenvalue weighted by molar-refractivity contribution is -0.120. The van der Waals surface area contributed by atoms with Crippen LogP contribution in [0.1, 0.15) is 24.5 Å². The lowest BCUT2D eigenvalue weighted by atomic mass is 10.1. The van der Waals surface area contributed by atoms with Crippen molar-refractivity contribution in [3.05, 3.63) is 29.3 Å². The molecule has 86 valence electrons. The van der Waals surface area contributed by atoms with Crippen LogP contribution < -0.4 is 10.6 Å². The number of amides is 1. The van der Waals surface area contributed by atoms with Gasteiger partial charge >= 0.3 is 0 Å². The van der Waals surface area contributed by atoms with Crippen LogP contribution in [0.5, 0.6) is 0 Å². The minimum Gasteiger partial charge on any atom is -0.384 e. The van der Waals surface area contributed by atoms with E-state index in [0.29, 0.717) is 13.0 Å². The summed E-state index contributed by atoms with van der Waals surface area (Å²) in [6, 6.07) is 6.47. The molecule has 16 heavy (non-hydrogen) atoms. The highest BCUT2D eigenvalue weighted by Crippen LogP contribution is 2.23. The van der Waals surface area contributed by atoms with E-state index in [-0.39, 0.29) is 5.91 Å². The predicted octanol–water partition coefficient (Wildman–Crippen LogP) is 1.72. The van der Waals surface area contributed by atoms with E-state index in [1.807, 2.05) is 6.92 Å². The number of carbonyl (C=O) groups excluding carboxylic acids is 1. The molecule has 0 aromatic heterocycles. The smallest absolute Gasteiger partial charge is 0.220 e. The van der Waals surface area contributed by atoms with E-state index in [2.05, 4.69) is 28.8 Å². The second-order valence-corrected chi connectivity index (χ2v) is 4.12. The third-order valence-corrected chi connectivity index (χ3v) is 2.90. The molecule has 2 N–H and O–H groups in total. The number of anilines is 1. The molecule has 0 saturated heterocycles. The van der Waals surface area contributed by atoms with Gasteiger partial charge in [-0.25, -0.2) is 0 Å². The Morgan fingerprint density at radius 1 is 1.50 bits per heavy atom. The first kappa shape index (κ1) is 11.0. The molecule has 0 saturated carbocycles. The summed E-state index contributed by atoms with van der Waals surface area (Å²) in [7, 11) is 0. The van der Waals surface area contributed by atoms with Crippen molar-refractivity contribution in [3.8, 4) is 0 Å². The first-order valence-corrected chi connectivity index (χ1v) is 5.92. The fourth-order valence-electron chi connectivity index (χ4n) is 2.04. The lowest BCUT2D eigenvalue weighted by Crippen LogP contribution is -2.22. The second kappa shape index (κ2) is 5.01. The van der Waals surface area contributed by atoms with Gasteiger partial charge in [0, 0.05) is 25.2 Å². The lowest BCUT2D eigenvalue weighted by Gasteiger charge is -2.05. The van der Waals surface area contributed by atoms with Gasteiger partial charge in [-0.05, 0) is 37.0 Å². The highest BCUT2D eigenvalue weighted by molar-refractivity contribution is 5.76. The first-order valence-electron chi connectivity index (χ1n) is 5.92. The summed E-state index contributed by atoms with van der Waals surface area (Å²) in [5.41, 5.74) is 3.87. The second-order valence-electron chi connectivity index (χ2n) is 4.12. The number of rotatable bonds is 4. The van der Waals surface area contributed by atoms with Crippen molar-refractivity contribution in [2.45, 2.75) is 26.2 Å². The Morgan fingerprint density at radius 3 is 3.19 bits per heavy atom. The van der Waals surface area contributed by atoms with E-state index in [0.717, 1.165) is 19.4 Å². The fraction of sp³-hybridized carbons (Fsp3) is 0.462. The van der Waals surface area contributed by atoms with Crippen molar-refractivity contribution in [1.82, 2.24) is 5.32 Å². The fourth-order valence-corrected chi connectivity index (χ4v) is 2.04. The Hall–Kier alpha value is -1.51. The largest absolute Gasteiger partial charge is 0.384 e. The zero-order chi connectivity index (χ0) is 11.4. The molecule has 0 aliphatic carbocycles. The number of nitrogens with one attached hydrogen (secondary N) is 2. The van der Waals surface area contributed by atoms with Gasteiger partial charge in [0.25, 0.3) is 0 Å². The van der Waals surface area contributed by atoms with Crippen LogP contribution in [0.2, 0.25) is 0 Å². The maximum atomic E-state index is 11.3. The molecule has 0 fully saturated rings. The van der Waals surface area contributed by atoms with Crippen molar-refractivity contribution in [3.63, 3.8) is 0 Å². The van der Waals surface area contributed by atoms with Crippen molar-refractivity contribution >= 4 is 11.6 Å². The molecule has 3 heteroatoms. The van der Waals surface area contributed by atoms with E-state index >= 15 is 0 Å². The summed E-state index contributed by atoms with van der Waals surface area (Å²) < 4.78 is 0. The van der Waals surface area contributed by atoms with Gasteiger partial charge < -0.3 is 10.6 Å². The average Bonchev–Trinajstić information content (AvgIpc) is 2.74. The molecule has 0 unspecified atom stereocenters. The van der Waals surface area contributed by atoms with Gasteiger partial charge in [-0.2, -0.15) is 0 Å². The quantitative estimate of drug-likeness (QED) is 0.808. The Labute approximate surface area is 96.2 Å². The zero-order valence-electron chi connectivity index (χ0n) is 9.68. The van der Waals surface area contributed by atoms with Crippen molar-refractivity contribution in [1.29, 1.82) is 0 Å². The molecule has 1 aromatic rings. The molecular weight excluding hydrogens is 200 g/mol. The van der Waals surface area contributed by atoms with Crippen LogP contribution in [-0.4, -0.2) is 19.0 Å². The summed E-state index contributed by atoms with van der Waals surface area (Å²) >= 11 is 0. The van der Waals surface area contributed by atoms with Gasteiger partial charge in [-0.15, -0.1) is 0 Å². The normalized spacial score (nSPS) is 13.1. The Balaban J connectivity index is 1.93. The van der Waals surface area contributed by atoms with Crippen molar-refractivity contribution in [2.24, 2.45) is 0 Å². The third kappa shape index (κ3) is 2.54. The van der Waals surface area contributed by atoms with Crippen molar-refractivity contribution < 1.29 is 4.79 Å². The molecule has 3 nitrogen and oxygen atoms in total. The zero-order valence-corrected chi connectivity index (χ0v) is 9.68. The Morgan fingerprint density at radius 2 is 2.38 bits per heavy atom. The first-order chi connectivity index (χ1) is 7.79. The Bertz CT molecular complexity index is 388. The number of hydrogen-bond acceptors (Lipinski definition) is 2. The van der Waals surface area contributed by atoms with Crippen LogP contribution in [0.25, 0.3) is 0 Å². The monoisotopic (exact) mass is 218 g/mol. The molecule has 0 radical (unpaired) electrons. The summed E-state index contributed by atoms with van der Waals surface area (Å²) in [4.78, 5) is 11.3. The van der Waals surface area contributed by atoms with Gasteiger partial charge in [0.05, 0.1) is 0 Å². The highest BCUT2D eigenvalue weighted by atomic mass is 16.1. The molecule has 0 atom stereocenters. The van der Waals surface area contributed by atoms with Crippen LogP contribution >= 0.6 is 0 Å². The topological polar surface area (TPSA) is 41.1 Å². The highest BCUT2D eigenvalue weighted by Gasteiger charge is 2.10. The standard InChI is InChI=1S/C13H18N2O/c1-2-14-13(16)6-4-10-3-5-11-7-8-15-12(11)9-10/h3,5,9,15H,2,4,6-8H2,1H3,(H,14,16). The molecule has 0 bridgehead atoms. The SMILES string of the molecule is CCNC(=O)CCc1ccc2c(c1)NCC2. The van der Waals surface area contributed by atoms with Crippen LogP contribution in [0.3, 0.4) is 0 Å². The predicted molar refractivity (Wildman–Crippen MR) is 65.6 cm³/mol. The minimum absolute atomic E-state index is 0.135. The van der Waals surface area contributed by atoms with Crippen molar-refractivity contribution in [2.75, 3.05) is 18.4 Å². The van der Waals surface area contributed by atoms with Gasteiger partial charge in [0.2, 0.25) is 5.91 Å². The maximum absolute atomic E-state index is 11.3. The summed E-state index contributed by atoms with van der Waals surface area (Å²) in [6.07, 6.45) is 2.51. The van der Waals surface area contributed by atoms with E-state index in [4.69, 9.17) is 0 Å². The number of hydrogen-bond donors (Lipinski definition) is 2. The van der Waals surface area contributed by atoms with Gasteiger partial charge in [-0.3, -0.25) is 4.79 Å². The molecule has 1 aliphatic heterocycles. The summed E-state index contributed by atoms with van der Waals surface area (Å²) in [5.74, 6) is 0.135. The van der Waals surface area contributed by atoms with E-state index in [1.165, 1.54) is 16.8 Å². The number of benzene rings is 1. The number of carbonyl (C=O) groups is 1. The molecule has 0 spiro atoms. The van der Waals surface area contributed by atoms with Crippen LogP contribution in [0.4, 0.5) is 5.69 Å². The van der Waals surface area contributed by atoms with Crippen LogP contribution in [0.15, 0.2) is 18.2 Å². The van der Waals surface area contributed by atoms with E-state index in [1.54, 1.807) is 0 Å². The number of aryl methyl sites for hydroxylation is 1. The molecule has 1 aromatic carbocycles. The summed E-state index contributed by atoms with van der Waals surface area (Å²) in [6.45, 7) is 3.69. The molecule has 2 rings (SSSR count). The molecular formula is C13H18N2O. The van der Waals surface area contributed by atoms with Gasteiger partial charge in [-0.1, -0.05) is 12.1 Å². The maximum Gasteiger partial charge on any atom is 0.220 e. The molecule has 1 heterocycles. The molecule has 1 aliphatic rings. The van der Waals surface area contributed by atoms with Gasteiger partial charge in [0.15, 0.2) is 0 Å². The number of fused-ring (bicyclic) bond motifs is 1.